The van der Waals surface area contributed by atoms with Crippen molar-refractivity contribution in [1.82, 2.24) is 14.5 Å². The first-order chi connectivity index (χ1) is 16.9. The summed E-state index contributed by atoms with van der Waals surface area (Å²) in [5.41, 5.74) is 2.99. The normalized spacial score (nSPS) is 11.0. The number of carbonyl (C=O) groups is 1. The SMILES string of the molecule is Cc1ccc(Cn2c(=O)n(CCCCC(=O)NCc3ccccc3Cl)c(=O)c3ccccc32)cc1. The first-order valence-electron chi connectivity index (χ1n) is 11.7. The molecule has 6 nitrogen and oxygen atoms in total. The van der Waals surface area contributed by atoms with Crippen LogP contribution >= 0.6 is 11.6 Å². The van der Waals surface area contributed by atoms with Gasteiger partial charge in [-0.3, -0.25) is 18.7 Å². The standard InChI is InChI=1S/C28H28ClN3O3/c1-20-13-15-21(16-14-20)19-32-25-11-5-3-9-23(25)27(34)31(28(32)35)17-7-6-12-26(33)30-18-22-8-2-4-10-24(22)29/h2-5,8-11,13-16H,6-7,12,17-19H2,1H3,(H,30,33). The van der Waals surface area contributed by atoms with Crippen molar-refractivity contribution in [3.05, 3.63) is 115 Å². The number of carbonyl (C=O) groups excluding carboxylic acids is 1. The van der Waals surface area contributed by atoms with E-state index in [0.717, 1.165) is 16.7 Å². The number of rotatable bonds is 9. The van der Waals surface area contributed by atoms with E-state index in [1.807, 2.05) is 55.5 Å². The number of hydrogen-bond acceptors (Lipinski definition) is 3. The molecule has 0 saturated heterocycles. The number of benzene rings is 3. The van der Waals surface area contributed by atoms with Gasteiger partial charge in [-0.05, 0) is 49.1 Å². The molecule has 35 heavy (non-hydrogen) atoms. The van der Waals surface area contributed by atoms with Crippen molar-refractivity contribution in [2.75, 3.05) is 0 Å². The molecule has 4 aromatic rings. The van der Waals surface area contributed by atoms with Crippen LogP contribution < -0.4 is 16.6 Å². The molecule has 1 N–H and O–H groups in total. The van der Waals surface area contributed by atoms with Crippen LogP contribution in [0.3, 0.4) is 0 Å². The summed E-state index contributed by atoms with van der Waals surface area (Å²) in [6, 6.07) is 22.6. The summed E-state index contributed by atoms with van der Waals surface area (Å²) < 4.78 is 2.94. The predicted octanol–water partition coefficient (Wildman–Crippen LogP) is 4.66. The Kier molecular flexibility index (Phi) is 7.83. The molecule has 3 aromatic carbocycles. The molecule has 0 bridgehead atoms. The van der Waals surface area contributed by atoms with Gasteiger partial charge in [0.25, 0.3) is 5.56 Å². The van der Waals surface area contributed by atoms with Crippen LogP contribution in [0.2, 0.25) is 5.02 Å². The van der Waals surface area contributed by atoms with E-state index in [0.29, 0.717) is 48.3 Å². The van der Waals surface area contributed by atoms with Gasteiger partial charge in [-0.25, -0.2) is 4.79 Å². The number of nitrogens with zero attached hydrogens (tertiary/aromatic N) is 2. The second-order valence-corrected chi connectivity index (χ2v) is 9.06. The van der Waals surface area contributed by atoms with Gasteiger partial charge in [-0.15, -0.1) is 0 Å². The molecule has 1 amide bonds. The molecule has 0 aliphatic rings. The van der Waals surface area contributed by atoms with Crippen LogP contribution in [0.15, 0.2) is 82.4 Å². The van der Waals surface area contributed by atoms with E-state index < -0.39 is 0 Å². The smallest absolute Gasteiger partial charge is 0.331 e. The Labute approximate surface area is 208 Å². The molecule has 1 heterocycles. The molecule has 0 unspecified atom stereocenters. The maximum Gasteiger partial charge on any atom is 0.331 e. The van der Waals surface area contributed by atoms with Gasteiger partial charge < -0.3 is 5.32 Å². The molecule has 0 radical (unpaired) electrons. The number of halogens is 1. The van der Waals surface area contributed by atoms with Crippen LogP contribution in [0.5, 0.6) is 0 Å². The van der Waals surface area contributed by atoms with Gasteiger partial charge in [0, 0.05) is 24.5 Å². The van der Waals surface area contributed by atoms with E-state index in [2.05, 4.69) is 5.32 Å². The van der Waals surface area contributed by atoms with Crippen molar-refractivity contribution in [3.8, 4) is 0 Å². The summed E-state index contributed by atoms with van der Waals surface area (Å²) in [4.78, 5) is 38.6. The Hall–Kier alpha value is -3.64. The summed E-state index contributed by atoms with van der Waals surface area (Å²) >= 11 is 6.13. The summed E-state index contributed by atoms with van der Waals surface area (Å²) in [5.74, 6) is -0.0902. The molecule has 180 valence electrons. The van der Waals surface area contributed by atoms with E-state index >= 15 is 0 Å². The first-order valence-corrected chi connectivity index (χ1v) is 12.1. The van der Waals surface area contributed by atoms with Crippen molar-refractivity contribution in [2.45, 2.75) is 45.8 Å². The third-order valence-corrected chi connectivity index (χ3v) is 6.43. The number of nitrogens with one attached hydrogen (secondary N) is 1. The van der Waals surface area contributed by atoms with E-state index in [1.165, 1.54) is 4.57 Å². The number of aryl methyl sites for hydroxylation is 1. The summed E-state index contributed by atoms with van der Waals surface area (Å²) in [6.07, 6.45) is 1.41. The van der Waals surface area contributed by atoms with Crippen LogP contribution in [0.1, 0.15) is 36.0 Å². The van der Waals surface area contributed by atoms with E-state index in [1.54, 1.807) is 28.8 Å². The van der Waals surface area contributed by atoms with Gasteiger partial charge in [0.1, 0.15) is 0 Å². The van der Waals surface area contributed by atoms with Gasteiger partial charge in [0.05, 0.1) is 17.4 Å². The number of hydrogen-bond donors (Lipinski definition) is 1. The molecule has 0 saturated carbocycles. The van der Waals surface area contributed by atoms with Crippen LogP contribution in [0.4, 0.5) is 0 Å². The summed E-state index contributed by atoms with van der Waals surface area (Å²) in [7, 11) is 0. The van der Waals surface area contributed by atoms with Gasteiger partial charge in [-0.2, -0.15) is 0 Å². The average Bonchev–Trinajstić information content (AvgIpc) is 2.86. The highest BCUT2D eigenvalue weighted by Gasteiger charge is 2.13. The Morgan fingerprint density at radius 1 is 0.886 bits per heavy atom. The predicted molar refractivity (Wildman–Crippen MR) is 140 cm³/mol. The number of para-hydroxylation sites is 1. The van der Waals surface area contributed by atoms with E-state index in [9.17, 15) is 14.4 Å². The minimum Gasteiger partial charge on any atom is -0.352 e. The number of fused-ring (bicyclic) bond motifs is 1. The van der Waals surface area contributed by atoms with E-state index in [4.69, 9.17) is 11.6 Å². The Balaban J connectivity index is 1.44. The lowest BCUT2D eigenvalue weighted by molar-refractivity contribution is -0.121. The molecule has 0 aliphatic carbocycles. The molecule has 1 aromatic heterocycles. The maximum atomic E-state index is 13.3. The van der Waals surface area contributed by atoms with Crippen molar-refractivity contribution < 1.29 is 4.79 Å². The summed E-state index contributed by atoms with van der Waals surface area (Å²) in [5, 5.41) is 3.99. The maximum absolute atomic E-state index is 13.3. The lowest BCUT2D eigenvalue weighted by Gasteiger charge is -2.14. The third kappa shape index (κ3) is 5.89. The second-order valence-electron chi connectivity index (χ2n) is 8.65. The average molecular weight is 490 g/mol. The van der Waals surface area contributed by atoms with Crippen molar-refractivity contribution in [1.29, 1.82) is 0 Å². The number of amides is 1. The molecule has 7 heteroatoms. The third-order valence-electron chi connectivity index (χ3n) is 6.06. The molecule has 0 atom stereocenters. The van der Waals surface area contributed by atoms with Crippen molar-refractivity contribution in [3.63, 3.8) is 0 Å². The minimum atomic E-state index is -0.336. The van der Waals surface area contributed by atoms with E-state index in [-0.39, 0.29) is 23.7 Å². The Bertz CT molecular complexity index is 1460. The number of aromatic nitrogens is 2. The van der Waals surface area contributed by atoms with Crippen LogP contribution in [-0.2, 0) is 24.4 Å². The Morgan fingerprint density at radius 3 is 2.37 bits per heavy atom. The lowest BCUT2D eigenvalue weighted by Crippen LogP contribution is -2.40. The zero-order valence-corrected chi connectivity index (χ0v) is 20.4. The first kappa shape index (κ1) is 24.5. The largest absolute Gasteiger partial charge is 0.352 e. The van der Waals surface area contributed by atoms with Crippen molar-refractivity contribution >= 4 is 28.4 Å². The fourth-order valence-electron chi connectivity index (χ4n) is 4.08. The minimum absolute atomic E-state index is 0.0902. The fraction of sp³-hybridized carbons (Fsp3) is 0.250. The Morgan fingerprint density at radius 2 is 1.60 bits per heavy atom. The van der Waals surface area contributed by atoms with Gasteiger partial charge in [0.2, 0.25) is 5.91 Å². The molecule has 0 aliphatic heterocycles. The number of unbranched alkanes of at least 4 members (excludes halogenated alkanes) is 1. The lowest BCUT2D eigenvalue weighted by atomic mass is 10.1. The zero-order valence-electron chi connectivity index (χ0n) is 19.7. The topological polar surface area (TPSA) is 73.1 Å². The highest BCUT2D eigenvalue weighted by Crippen LogP contribution is 2.15. The zero-order chi connectivity index (χ0) is 24.8. The van der Waals surface area contributed by atoms with Crippen LogP contribution in [-0.4, -0.2) is 15.0 Å². The quantitative estimate of drug-likeness (QED) is 0.347. The molecule has 0 fully saturated rings. The monoisotopic (exact) mass is 489 g/mol. The van der Waals surface area contributed by atoms with Gasteiger partial charge in [-0.1, -0.05) is 71.8 Å². The molecular weight excluding hydrogens is 462 g/mol. The highest BCUT2D eigenvalue weighted by atomic mass is 35.5. The van der Waals surface area contributed by atoms with Gasteiger partial charge >= 0.3 is 5.69 Å². The van der Waals surface area contributed by atoms with Crippen molar-refractivity contribution in [2.24, 2.45) is 0 Å². The molecule has 0 spiro atoms. The van der Waals surface area contributed by atoms with Crippen LogP contribution in [0, 0.1) is 6.92 Å². The molecular formula is C28H28ClN3O3. The van der Waals surface area contributed by atoms with Gasteiger partial charge in [0.15, 0.2) is 0 Å². The van der Waals surface area contributed by atoms with Crippen LogP contribution in [0.25, 0.3) is 10.9 Å². The highest BCUT2D eigenvalue weighted by molar-refractivity contribution is 6.31. The summed E-state index contributed by atoms with van der Waals surface area (Å²) in [6.45, 7) is 3.02. The second kappa shape index (κ2) is 11.2. The fourth-order valence-corrected chi connectivity index (χ4v) is 4.28. The molecule has 4 rings (SSSR count).